The quantitative estimate of drug-likeness (QED) is 0.484. The van der Waals surface area contributed by atoms with Crippen molar-refractivity contribution in [1.29, 1.82) is 0 Å². The van der Waals surface area contributed by atoms with E-state index >= 15 is 0 Å². The minimum absolute atomic E-state index is 0. The zero-order chi connectivity index (χ0) is 11.4. The van der Waals surface area contributed by atoms with Gasteiger partial charge in [0.15, 0.2) is 0 Å². The molecule has 0 fully saturated rings. The summed E-state index contributed by atoms with van der Waals surface area (Å²) in [6.45, 7) is 1.97. The average Bonchev–Trinajstić information content (AvgIpc) is 2.31. The number of carbonyl (C=O) groups is 1. The van der Waals surface area contributed by atoms with Gasteiger partial charge < -0.3 is 4.74 Å². The summed E-state index contributed by atoms with van der Waals surface area (Å²) in [5.41, 5.74) is 1.67. The van der Waals surface area contributed by atoms with Gasteiger partial charge in [-0.2, -0.15) is 18.2 Å². The smallest absolute Gasteiger partial charge is 0.450 e. The second-order valence-corrected chi connectivity index (χ2v) is 3.49. The maximum Gasteiger partial charge on any atom is 3.00 e. The molecule has 0 radical (unpaired) electrons. The van der Waals surface area contributed by atoms with E-state index in [-0.39, 0.29) is 38.7 Å². The van der Waals surface area contributed by atoms with E-state index in [0.717, 1.165) is 5.56 Å². The van der Waals surface area contributed by atoms with Gasteiger partial charge in [0.05, 0.1) is 5.56 Å². The zero-order valence-electron chi connectivity index (χ0n) is 9.51. The molecule has 0 aliphatic carbocycles. The standard InChI is InChI=1S/C14H11O2.Y/c1-11-7-9-12(10-8-11)14(15)16-13-5-3-2-4-6-13;/h3-10H,1H3;/q-1;+3. The molecule has 0 aliphatic heterocycles. The van der Waals surface area contributed by atoms with Crippen molar-refractivity contribution >= 4 is 5.97 Å². The Morgan fingerprint density at radius 2 is 1.65 bits per heavy atom. The summed E-state index contributed by atoms with van der Waals surface area (Å²) >= 11 is 0. The molecule has 0 aromatic heterocycles. The first-order chi connectivity index (χ1) is 7.75. The van der Waals surface area contributed by atoms with E-state index in [1.54, 1.807) is 36.4 Å². The van der Waals surface area contributed by atoms with Gasteiger partial charge in [-0.05, 0) is 19.1 Å². The van der Waals surface area contributed by atoms with Crippen LogP contribution in [0.5, 0.6) is 5.75 Å². The first kappa shape index (κ1) is 14.1. The number of hydrogen-bond donors (Lipinski definition) is 0. The van der Waals surface area contributed by atoms with Crippen LogP contribution in [0.2, 0.25) is 0 Å². The zero-order valence-corrected chi connectivity index (χ0v) is 12.4. The largest absolute Gasteiger partial charge is 3.00 e. The third-order valence-electron chi connectivity index (χ3n) is 2.19. The number of benzene rings is 2. The van der Waals surface area contributed by atoms with Gasteiger partial charge in [0.25, 0.3) is 0 Å². The fourth-order valence-electron chi connectivity index (χ4n) is 1.30. The Kier molecular flexibility index (Phi) is 5.53. The molecule has 0 saturated heterocycles. The van der Waals surface area contributed by atoms with E-state index in [0.29, 0.717) is 11.3 Å². The van der Waals surface area contributed by atoms with Crippen LogP contribution in [0.4, 0.5) is 0 Å². The van der Waals surface area contributed by atoms with E-state index in [4.69, 9.17) is 4.74 Å². The fraction of sp³-hybridized carbons (Fsp3) is 0.0714. The van der Waals surface area contributed by atoms with Crippen molar-refractivity contribution in [2.45, 2.75) is 6.92 Å². The number of esters is 1. The Morgan fingerprint density at radius 3 is 2.24 bits per heavy atom. The number of rotatable bonds is 2. The third kappa shape index (κ3) is 4.06. The Hall–Kier alpha value is -0.986. The number of aryl methyl sites for hydroxylation is 1. The summed E-state index contributed by atoms with van der Waals surface area (Å²) in [5.74, 6) is 0.190. The molecule has 0 atom stereocenters. The molecular weight excluding hydrogens is 289 g/mol. The minimum atomic E-state index is -0.341. The molecule has 3 heteroatoms. The van der Waals surface area contributed by atoms with Gasteiger partial charge in [-0.25, -0.2) is 4.79 Å². The second kappa shape index (κ2) is 6.68. The van der Waals surface area contributed by atoms with E-state index in [2.05, 4.69) is 6.07 Å². The van der Waals surface area contributed by atoms with Crippen molar-refractivity contribution in [3.05, 3.63) is 65.7 Å². The van der Waals surface area contributed by atoms with E-state index in [9.17, 15) is 4.79 Å². The maximum absolute atomic E-state index is 11.7. The number of hydrogen-bond acceptors (Lipinski definition) is 2. The van der Waals surface area contributed by atoms with Crippen LogP contribution in [0.1, 0.15) is 15.9 Å². The van der Waals surface area contributed by atoms with Gasteiger partial charge in [0.1, 0.15) is 0 Å². The van der Waals surface area contributed by atoms with Crippen LogP contribution < -0.4 is 4.74 Å². The van der Waals surface area contributed by atoms with Gasteiger partial charge in [0, 0.05) is 5.75 Å². The SMILES string of the molecule is Cc1ccc(C(=O)Oc2cc[c-]cc2)cc1.[Y+3]. The molecule has 80 valence electrons. The normalized spacial score (nSPS) is 9.24. The van der Waals surface area contributed by atoms with Gasteiger partial charge in [-0.15, -0.1) is 12.1 Å². The summed E-state index contributed by atoms with van der Waals surface area (Å²) in [6, 6.07) is 17.0. The number of carbonyl (C=O) groups excluding carboxylic acids is 1. The third-order valence-corrected chi connectivity index (χ3v) is 2.19. The molecule has 2 rings (SSSR count). The summed E-state index contributed by atoms with van der Waals surface area (Å²) in [7, 11) is 0. The molecule has 2 nitrogen and oxygen atoms in total. The van der Waals surface area contributed by atoms with Crippen molar-refractivity contribution < 1.29 is 42.2 Å². The summed E-state index contributed by atoms with van der Waals surface area (Å²) in [4.78, 5) is 11.7. The molecule has 17 heavy (non-hydrogen) atoms. The summed E-state index contributed by atoms with van der Waals surface area (Å²) < 4.78 is 5.18. The Balaban J connectivity index is 0.00000144. The van der Waals surface area contributed by atoms with Gasteiger partial charge >= 0.3 is 38.7 Å². The molecule has 0 spiro atoms. The van der Waals surface area contributed by atoms with Crippen LogP contribution >= 0.6 is 0 Å². The Labute approximate surface area is 126 Å². The van der Waals surface area contributed by atoms with E-state index < -0.39 is 0 Å². The van der Waals surface area contributed by atoms with Crippen molar-refractivity contribution in [3.8, 4) is 5.75 Å². The second-order valence-electron chi connectivity index (χ2n) is 3.49. The van der Waals surface area contributed by atoms with Crippen LogP contribution in [-0.2, 0) is 32.7 Å². The van der Waals surface area contributed by atoms with Crippen LogP contribution in [0, 0.1) is 13.0 Å². The average molecular weight is 300 g/mol. The molecule has 0 unspecified atom stereocenters. The van der Waals surface area contributed by atoms with Crippen LogP contribution in [0.15, 0.2) is 48.5 Å². The molecular formula is C14H11O2Y+2. The monoisotopic (exact) mass is 300 g/mol. The molecule has 2 aromatic carbocycles. The molecule has 0 N–H and O–H groups in total. The van der Waals surface area contributed by atoms with Crippen molar-refractivity contribution in [3.63, 3.8) is 0 Å². The van der Waals surface area contributed by atoms with Crippen molar-refractivity contribution in [1.82, 2.24) is 0 Å². The minimum Gasteiger partial charge on any atom is -0.450 e. The van der Waals surface area contributed by atoms with Gasteiger partial charge in [-0.1, -0.05) is 17.7 Å². The molecule has 0 heterocycles. The molecule has 0 aliphatic rings. The van der Waals surface area contributed by atoms with E-state index in [1.807, 2.05) is 19.1 Å². The predicted octanol–water partition coefficient (Wildman–Crippen LogP) is 3.01. The van der Waals surface area contributed by atoms with Crippen LogP contribution in [-0.4, -0.2) is 5.97 Å². The fourth-order valence-corrected chi connectivity index (χ4v) is 1.30. The molecule has 0 amide bonds. The Morgan fingerprint density at radius 1 is 1.06 bits per heavy atom. The Bertz CT molecular complexity index is 477. The van der Waals surface area contributed by atoms with Crippen molar-refractivity contribution in [2.24, 2.45) is 0 Å². The van der Waals surface area contributed by atoms with Gasteiger partial charge in [0.2, 0.25) is 0 Å². The van der Waals surface area contributed by atoms with Crippen LogP contribution in [0.25, 0.3) is 0 Å². The molecule has 0 saturated carbocycles. The number of ether oxygens (including phenoxy) is 1. The molecule has 0 bridgehead atoms. The topological polar surface area (TPSA) is 26.3 Å². The van der Waals surface area contributed by atoms with E-state index in [1.165, 1.54) is 0 Å². The first-order valence-electron chi connectivity index (χ1n) is 5.01. The van der Waals surface area contributed by atoms with Crippen LogP contribution in [0.3, 0.4) is 0 Å². The first-order valence-corrected chi connectivity index (χ1v) is 5.01. The summed E-state index contributed by atoms with van der Waals surface area (Å²) in [6.07, 6.45) is 0. The van der Waals surface area contributed by atoms with Gasteiger partial charge in [-0.3, -0.25) is 0 Å². The predicted molar refractivity (Wildman–Crippen MR) is 61.4 cm³/mol. The maximum atomic E-state index is 11.7. The molecule has 2 aromatic rings. The van der Waals surface area contributed by atoms with Crippen molar-refractivity contribution in [2.75, 3.05) is 0 Å². The summed E-state index contributed by atoms with van der Waals surface area (Å²) in [5, 5.41) is 0.